The third kappa shape index (κ3) is 3.15. The smallest absolute Gasteiger partial charge is 0.175 e. The van der Waals surface area contributed by atoms with E-state index in [9.17, 15) is 0 Å². The number of hydrogen-bond acceptors (Lipinski definition) is 6. The summed E-state index contributed by atoms with van der Waals surface area (Å²) in [5.74, 6) is 0.773. The van der Waals surface area contributed by atoms with E-state index in [-0.39, 0.29) is 0 Å². The van der Waals surface area contributed by atoms with Crippen LogP contribution < -0.4 is 0 Å². The van der Waals surface area contributed by atoms with Crippen LogP contribution in [0.4, 0.5) is 0 Å². The SMILES string of the molecule is Clc1ccccc1CSc1nnc(-c2cnccn2)s1. The summed E-state index contributed by atoms with van der Waals surface area (Å²) in [6.07, 6.45) is 4.97. The number of nitrogens with zero attached hydrogens (tertiary/aromatic N) is 4. The van der Waals surface area contributed by atoms with Gasteiger partial charge in [0, 0.05) is 23.2 Å². The summed E-state index contributed by atoms with van der Waals surface area (Å²) in [4.78, 5) is 8.24. The molecular weight excluding hydrogens is 312 g/mol. The first kappa shape index (κ1) is 13.5. The largest absolute Gasteiger partial charge is 0.261 e. The molecule has 0 fully saturated rings. The van der Waals surface area contributed by atoms with Gasteiger partial charge in [-0.2, -0.15) is 0 Å². The molecule has 2 aromatic heterocycles. The molecule has 1 aromatic carbocycles. The van der Waals surface area contributed by atoms with Crippen LogP contribution in [0.2, 0.25) is 5.02 Å². The van der Waals surface area contributed by atoms with Gasteiger partial charge in [-0.3, -0.25) is 9.97 Å². The van der Waals surface area contributed by atoms with Crippen molar-refractivity contribution < 1.29 is 0 Å². The minimum absolute atomic E-state index is 0.745. The molecule has 0 amide bonds. The van der Waals surface area contributed by atoms with Crippen molar-refractivity contribution in [2.75, 3.05) is 0 Å². The number of aromatic nitrogens is 4. The molecule has 0 spiro atoms. The fourth-order valence-electron chi connectivity index (χ4n) is 1.54. The second-order valence-corrected chi connectivity index (χ2v) is 6.45. The number of rotatable bonds is 4. The Morgan fingerprint density at radius 3 is 2.85 bits per heavy atom. The van der Waals surface area contributed by atoms with Gasteiger partial charge in [0.2, 0.25) is 0 Å². The molecule has 3 aromatic rings. The van der Waals surface area contributed by atoms with Crippen LogP contribution >= 0.6 is 34.7 Å². The molecule has 2 heterocycles. The van der Waals surface area contributed by atoms with Crippen molar-refractivity contribution in [1.29, 1.82) is 0 Å². The molecule has 4 nitrogen and oxygen atoms in total. The molecule has 3 rings (SSSR count). The minimum atomic E-state index is 0.745. The first-order valence-corrected chi connectivity index (χ1v) is 7.97. The van der Waals surface area contributed by atoms with Crippen LogP contribution in [0.5, 0.6) is 0 Å². The maximum atomic E-state index is 6.13. The van der Waals surface area contributed by atoms with E-state index in [1.54, 1.807) is 30.4 Å². The van der Waals surface area contributed by atoms with Gasteiger partial charge < -0.3 is 0 Å². The minimum Gasteiger partial charge on any atom is -0.261 e. The van der Waals surface area contributed by atoms with Crippen molar-refractivity contribution in [2.24, 2.45) is 0 Å². The molecule has 0 radical (unpaired) electrons. The normalized spacial score (nSPS) is 10.7. The van der Waals surface area contributed by atoms with E-state index < -0.39 is 0 Å². The van der Waals surface area contributed by atoms with E-state index >= 15 is 0 Å². The highest BCUT2D eigenvalue weighted by atomic mass is 35.5. The molecule has 0 saturated carbocycles. The van der Waals surface area contributed by atoms with E-state index in [0.717, 1.165) is 31.4 Å². The van der Waals surface area contributed by atoms with Gasteiger partial charge in [0.05, 0.1) is 6.20 Å². The van der Waals surface area contributed by atoms with Gasteiger partial charge in [-0.1, -0.05) is 52.9 Å². The molecular formula is C13H9ClN4S2. The van der Waals surface area contributed by atoms with Gasteiger partial charge in [0.1, 0.15) is 5.69 Å². The number of hydrogen-bond donors (Lipinski definition) is 0. The molecule has 7 heteroatoms. The average molecular weight is 321 g/mol. The summed E-state index contributed by atoms with van der Waals surface area (Å²) in [6.45, 7) is 0. The van der Waals surface area contributed by atoms with Crippen molar-refractivity contribution in [3.05, 3.63) is 53.4 Å². The van der Waals surface area contributed by atoms with Crippen LogP contribution in [0, 0.1) is 0 Å². The zero-order valence-corrected chi connectivity index (χ0v) is 12.6. The summed E-state index contributed by atoms with van der Waals surface area (Å²) in [5.41, 5.74) is 1.84. The van der Waals surface area contributed by atoms with Crippen LogP contribution in [-0.4, -0.2) is 20.2 Å². The third-order valence-electron chi connectivity index (χ3n) is 2.50. The Hall–Kier alpha value is -1.50. The lowest BCUT2D eigenvalue weighted by molar-refractivity contribution is 1.01. The van der Waals surface area contributed by atoms with Crippen LogP contribution in [0.3, 0.4) is 0 Å². The monoisotopic (exact) mass is 320 g/mol. The number of thioether (sulfide) groups is 1. The predicted octanol–water partition coefficient (Wildman–Crippen LogP) is 3.94. The fourth-order valence-corrected chi connectivity index (χ4v) is 3.64. The summed E-state index contributed by atoms with van der Waals surface area (Å²) in [5, 5.41) is 9.85. The van der Waals surface area contributed by atoms with Crippen LogP contribution in [-0.2, 0) is 5.75 Å². The van der Waals surface area contributed by atoms with E-state index in [4.69, 9.17) is 11.6 Å². The molecule has 0 unspecified atom stereocenters. The Bertz CT molecular complexity index is 702. The third-order valence-corrected chi connectivity index (χ3v) is 4.99. The second-order valence-electron chi connectivity index (χ2n) is 3.84. The molecule has 100 valence electrons. The highest BCUT2D eigenvalue weighted by molar-refractivity contribution is 8.00. The van der Waals surface area contributed by atoms with E-state index in [0.29, 0.717) is 0 Å². The zero-order chi connectivity index (χ0) is 13.8. The maximum absolute atomic E-state index is 6.13. The lowest BCUT2D eigenvalue weighted by Gasteiger charge is -2.00. The van der Waals surface area contributed by atoms with Crippen LogP contribution in [0.15, 0.2) is 47.2 Å². The second kappa shape index (κ2) is 6.30. The van der Waals surface area contributed by atoms with Crippen molar-refractivity contribution in [3.8, 4) is 10.7 Å². The topological polar surface area (TPSA) is 51.6 Å². The highest BCUT2D eigenvalue weighted by Crippen LogP contribution is 2.31. The van der Waals surface area contributed by atoms with Crippen LogP contribution in [0.25, 0.3) is 10.7 Å². The fraction of sp³-hybridized carbons (Fsp3) is 0.0769. The maximum Gasteiger partial charge on any atom is 0.175 e. The molecule has 0 atom stereocenters. The standard InChI is InChI=1S/C13H9ClN4S2/c14-10-4-2-1-3-9(10)8-19-13-18-17-12(20-13)11-7-15-5-6-16-11/h1-7H,8H2. The molecule has 0 aliphatic rings. The Kier molecular flexibility index (Phi) is 4.25. The summed E-state index contributed by atoms with van der Waals surface area (Å²) >= 11 is 9.25. The molecule has 0 aliphatic heterocycles. The van der Waals surface area contributed by atoms with Gasteiger partial charge in [-0.05, 0) is 11.6 Å². The van der Waals surface area contributed by atoms with Gasteiger partial charge in [-0.15, -0.1) is 10.2 Å². The molecule has 0 aliphatic carbocycles. The lowest BCUT2D eigenvalue weighted by Crippen LogP contribution is -1.82. The average Bonchev–Trinajstić information content (AvgIpc) is 2.96. The predicted molar refractivity (Wildman–Crippen MR) is 81.9 cm³/mol. The Morgan fingerprint density at radius 2 is 2.05 bits per heavy atom. The van der Waals surface area contributed by atoms with Gasteiger partial charge in [0.25, 0.3) is 0 Å². The molecule has 0 saturated heterocycles. The highest BCUT2D eigenvalue weighted by Gasteiger charge is 2.09. The molecule has 0 bridgehead atoms. The van der Waals surface area contributed by atoms with Crippen LogP contribution in [0.1, 0.15) is 5.56 Å². The Labute approximate surface area is 129 Å². The summed E-state index contributed by atoms with van der Waals surface area (Å²) in [7, 11) is 0. The van der Waals surface area contributed by atoms with Crippen molar-refractivity contribution in [3.63, 3.8) is 0 Å². The summed E-state index contributed by atoms with van der Waals surface area (Å²) in [6, 6.07) is 7.81. The van der Waals surface area contributed by atoms with E-state index in [2.05, 4.69) is 20.2 Å². The van der Waals surface area contributed by atoms with E-state index in [1.807, 2.05) is 24.3 Å². The van der Waals surface area contributed by atoms with Crippen molar-refractivity contribution in [2.45, 2.75) is 10.1 Å². The molecule has 20 heavy (non-hydrogen) atoms. The van der Waals surface area contributed by atoms with Gasteiger partial charge >= 0.3 is 0 Å². The molecule has 0 N–H and O–H groups in total. The van der Waals surface area contributed by atoms with E-state index in [1.165, 1.54) is 11.3 Å². The quantitative estimate of drug-likeness (QED) is 0.681. The first-order valence-electron chi connectivity index (χ1n) is 5.79. The number of halogens is 1. The first-order chi connectivity index (χ1) is 9.83. The number of benzene rings is 1. The van der Waals surface area contributed by atoms with Gasteiger partial charge in [-0.25, -0.2) is 0 Å². The van der Waals surface area contributed by atoms with Crippen molar-refractivity contribution in [1.82, 2.24) is 20.2 Å². The Morgan fingerprint density at radius 1 is 1.15 bits per heavy atom. The lowest BCUT2D eigenvalue weighted by atomic mass is 10.2. The van der Waals surface area contributed by atoms with Gasteiger partial charge in [0.15, 0.2) is 9.35 Å². The zero-order valence-electron chi connectivity index (χ0n) is 10.2. The summed E-state index contributed by atoms with van der Waals surface area (Å²) < 4.78 is 0.894. The Balaban J connectivity index is 1.71. The van der Waals surface area contributed by atoms with Crippen molar-refractivity contribution >= 4 is 34.7 Å².